The van der Waals surface area contributed by atoms with E-state index in [1.165, 1.54) is 23.1 Å². The lowest BCUT2D eigenvalue weighted by molar-refractivity contribution is 0.0653. The van der Waals surface area contributed by atoms with Crippen LogP contribution in [0.15, 0.2) is 40.9 Å². The smallest absolute Gasteiger partial charge is 0.319 e. The molecule has 3 rings (SSSR count). The quantitative estimate of drug-likeness (QED) is 0.367. The Morgan fingerprint density at radius 1 is 1.11 bits per heavy atom. The number of phenolic OH excluding ortho intramolecular Hbond substituents is 1. The van der Waals surface area contributed by atoms with Crippen molar-refractivity contribution in [3.05, 3.63) is 57.0 Å². The highest BCUT2D eigenvalue weighted by atomic mass is 79.9. The number of hydrogen-bond acceptors (Lipinski definition) is 4. The van der Waals surface area contributed by atoms with Gasteiger partial charge in [-0.15, -0.1) is 0 Å². The van der Waals surface area contributed by atoms with Gasteiger partial charge in [-0.1, -0.05) is 27.5 Å². The Labute approximate surface area is 168 Å². The molecule has 7 nitrogen and oxygen atoms in total. The molecule has 9 heteroatoms. The number of carbonyl (C=O) groups excluding carboxylic acids is 3. The number of imide groups is 1. The van der Waals surface area contributed by atoms with Crippen LogP contribution in [0.25, 0.3) is 0 Å². The van der Waals surface area contributed by atoms with Crippen LogP contribution < -0.4 is 10.6 Å². The number of benzene rings is 2. The average molecular weight is 453 g/mol. The maximum absolute atomic E-state index is 12.3. The lowest BCUT2D eigenvalue weighted by Crippen LogP contribution is -2.35. The molecule has 140 valence electrons. The Morgan fingerprint density at radius 2 is 1.85 bits per heavy atom. The second kappa shape index (κ2) is 7.98. The first-order valence-corrected chi connectivity index (χ1v) is 9.23. The Bertz CT molecular complexity index is 935. The van der Waals surface area contributed by atoms with Crippen molar-refractivity contribution in [1.82, 2.24) is 10.2 Å². The van der Waals surface area contributed by atoms with Crippen molar-refractivity contribution in [3.8, 4) is 5.75 Å². The van der Waals surface area contributed by atoms with Gasteiger partial charge in [0, 0.05) is 22.6 Å². The van der Waals surface area contributed by atoms with Gasteiger partial charge in [-0.05, 0) is 42.8 Å². The number of halogens is 2. The minimum Gasteiger partial charge on any atom is -0.506 e. The predicted octanol–water partition coefficient (Wildman–Crippen LogP) is 3.62. The van der Waals surface area contributed by atoms with Crippen molar-refractivity contribution >= 4 is 51.1 Å². The normalized spacial score (nSPS) is 12.9. The van der Waals surface area contributed by atoms with Crippen molar-refractivity contribution in [2.75, 3.05) is 18.4 Å². The Hall–Kier alpha value is -2.58. The van der Waals surface area contributed by atoms with Crippen molar-refractivity contribution in [1.29, 1.82) is 0 Å². The van der Waals surface area contributed by atoms with Crippen LogP contribution in [0.2, 0.25) is 5.02 Å². The first kappa shape index (κ1) is 19.2. The summed E-state index contributed by atoms with van der Waals surface area (Å²) in [6.07, 6.45) is 0.390. The summed E-state index contributed by atoms with van der Waals surface area (Å²) in [6.45, 7) is 0.428. The van der Waals surface area contributed by atoms with E-state index in [0.717, 1.165) is 4.47 Å². The van der Waals surface area contributed by atoms with Gasteiger partial charge in [-0.2, -0.15) is 0 Å². The molecule has 0 aliphatic carbocycles. The van der Waals surface area contributed by atoms with Crippen LogP contribution in [0.3, 0.4) is 0 Å². The van der Waals surface area contributed by atoms with E-state index in [1.807, 2.05) is 0 Å². The molecule has 0 saturated heterocycles. The van der Waals surface area contributed by atoms with Crippen LogP contribution in [0.1, 0.15) is 27.1 Å². The zero-order valence-electron chi connectivity index (χ0n) is 14.0. The Morgan fingerprint density at radius 3 is 2.63 bits per heavy atom. The van der Waals surface area contributed by atoms with Crippen molar-refractivity contribution in [3.63, 3.8) is 0 Å². The number of amides is 4. The third-order valence-corrected chi connectivity index (χ3v) is 4.71. The monoisotopic (exact) mass is 451 g/mol. The Kier molecular flexibility index (Phi) is 5.67. The fraction of sp³-hybridized carbons (Fsp3) is 0.167. The molecule has 1 aliphatic rings. The molecule has 0 radical (unpaired) electrons. The fourth-order valence-electron chi connectivity index (χ4n) is 2.68. The molecule has 0 atom stereocenters. The molecule has 0 unspecified atom stereocenters. The molecule has 27 heavy (non-hydrogen) atoms. The van der Waals surface area contributed by atoms with E-state index in [-0.39, 0.29) is 36.3 Å². The van der Waals surface area contributed by atoms with Crippen LogP contribution in [-0.2, 0) is 0 Å². The summed E-state index contributed by atoms with van der Waals surface area (Å²) in [4.78, 5) is 37.7. The van der Waals surface area contributed by atoms with E-state index in [2.05, 4.69) is 26.6 Å². The number of rotatable bonds is 5. The number of urea groups is 1. The van der Waals surface area contributed by atoms with Gasteiger partial charge in [0.2, 0.25) is 0 Å². The summed E-state index contributed by atoms with van der Waals surface area (Å²) < 4.78 is 0.729. The lowest BCUT2D eigenvalue weighted by Gasteiger charge is -2.14. The number of fused-ring (bicyclic) bond motifs is 1. The van der Waals surface area contributed by atoms with E-state index >= 15 is 0 Å². The summed E-state index contributed by atoms with van der Waals surface area (Å²) >= 11 is 9.11. The molecule has 2 aromatic carbocycles. The van der Waals surface area contributed by atoms with E-state index in [4.69, 9.17) is 11.6 Å². The average Bonchev–Trinajstić information content (AvgIpc) is 2.85. The Balaban J connectivity index is 1.49. The van der Waals surface area contributed by atoms with Crippen molar-refractivity contribution in [2.45, 2.75) is 6.42 Å². The lowest BCUT2D eigenvalue weighted by atomic mass is 10.1. The fourth-order valence-corrected chi connectivity index (χ4v) is 3.21. The second-order valence-electron chi connectivity index (χ2n) is 5.85. The molecular formula is C18H15BrClN3O4. The molecule has 0 spiro atoms. The largest absolute Gasteiger partial charge is 0.506 e. The molecule has 3 N–H and O–H groups in total. The number of nitrogens with one attached hydrogen (secondary N) is 2. The van der Waals surface area contributed by atoms with Gasteiger partial charge in [0.1, 0.15) is 5.75 Å². The first-order chi connectivity index (χ1) is 12.9. The molecule has 0 bridgehead atoms. The van der Waals surface area contributed by atoms with E-state index in [0.29, 0.717) is 22.6 Å². The van der Waals surface area contributed by atoms with Gasteiger partial charge in [0.05, 0.1) is 16.8 Å². The number of hydrogen-bond donors (Lipinski definition) is 3. The van der Waals surface area contributed by atoms with Gasteiger partial charge < -0.3 is 15.7 Å². The number of carbonyl (C=O) groups is 3. The van der Waals surface area contributed by atoms with Gasteiger partial charge >= 0.3 is 6.03 Å². The maximum atomic E-state index is 12.3. The number of aromatic hydroxyl groups is 1. The van der Waals surface area contributed by atoms with Crippen LogP contribution in [0, 0.1) is 0 Å². The summed E-state index contributed by atoms with van der Waals surface area (Å²) in [5, 5.41) is 15.1. The van der Waals surface area contributed by atoms with E-state index in [9.17, 15) is 19.5 Å². The summed E-state index contributed by atoms with van der Waals surface area (Å²) in [5.41, 5.74) is 0.938. The number of nitrogens with zero attached hydrogens (tertiary/aromatic N) is 1. The van der Waals surface area contributed by atoms with Crippen LogP contribution >= 0.6 is 27.5 Å². The standard InChI is InChI=1S/C18H15BrClN3O4/c19-10-2-4-12-13(8-10)17(26)23(16(12)25)7-1-6-21-18(27)22-14-9-11(20)3-5-15(14)24/h2-5,8-9,24H,1,6-7H2,(H2,21,22,27). The summed E-state index contributed by atoms with van der Waals surface area (Å²) in [7, 11) is 0. The van der Waals surface area contributed by atoms with Crippen LogP contribution in [0.5, 0.6) is 5.75 Å². The van der Waals surface area contributed by atoms with Gasteiger partial charge in [0.25, 0.3) is 11.8 Å². The van der Waals surface area contributed by atoms with Gasteiger partial charge in [0.15, 0.2) is 0 Å². The number of anilines is 1. The van der Waals surface area contributed by atoms with Gasteiger partial charge in [-0.3, -0.25) is 14.5 Å². The van der Waals surface area contributed by atoms with Crippen molar-refractivity contribution in [2.24, 2.45) is 0 Å². The summed E-state index contributed by atoms with van der Waals surface area (Å²) in [5.74, 6) is -0.785. The zero-order chi connectivity index (χ0) is 19.6. The molecule has 0 saturated carbocycles. The van der Waals surface area contributed by atoms with Crippen LogP contribution in [0.4, 0.5) is 10.5 Å². The molecular weight excluding hydrogens is 438 g/mol. The molecule has 0 aromatic heterocycles. The van der Waals surface area contributed by atoms with E-state index in [1.54, 1.807) is 18.2 Å². The highest BCUT2D eigenvalue weighted by Gasteiger charge is 2.34. The van der Waals surface area contributed by atoms with Gasteiger partial charge in [-0.25, -0.2) is 4.79 Å². The van der Waals surface area contributed by atoms with Crippen molar-refractivity contribution < 1.29 is 19.5 Å². The topological polar surface area (TPSA) is 98.7 Å². The third-order valence-electron chi connectivity index (χ3n) is 3.98. The third kappa shape index (κ3) is 4.23. The highest BCUT2D eigenvalue weighted by Crippen LogP contribution is 2.27. The molecule has 4 amide bonds. The molecule has 1 aliphatic heterocycles. The molecule has 2 aromatic rings. The van der Waals surface area contributed by atoms with Crippen LogP contribution in [-0.4, -0.2) is 40.9 Å². The predicted molar refractivity (Wildman–Crippen MR) is 104 cm³/mol. The molecule has 0 fully saturated rings. The summed E-state index contributed by atoms with van der Waals surface area (Å²) in [6, 6.07) is 8.72. The minimum absolute atomic E-state index is 0.105. The first-order valence-electron chi connectivity index (χ1n) is 8.06. The maximum Gasteiger partial charge on any atom is 0.319 e. The number of phenols is 1. The zero-order valence-corrected chi connectivity index (χ0v) is 16.3. The SMILES string of the molecule is O=C(NCCCN1C(=O)c2ccc(Br)cc2C1=O)Nc1cc(Cl)ccc1O. The molecule has 1 heterocycles. The van der Waals surface area contributed by atoms with E-state index < -0.39 is 6.03 Å². The minimum atomic E-state index is -0.529. The highest BCUT2D eigenvalue weighted by molar-refractivity contribution is 9.10. The second-order valence-corrected chi connectivity index (χ2v) is 7.20.